The second-order valence-electron chi connectivity index (χ2n) is 6.75. The average molecular weight is 380 g/mol. The van der Waals surface area contributed by atoms with Gasteiger partial charge in [0.2, 0.25) is 5.91 Å². The van der Waals surface area contributed by atoms with Crippen molar-refractivity contribution < 1.29 is 9.59 Å². The number of nitrogens with one attached hydrogen (secondary N) is 1. The molecular weight excluding hydrogens is 362 g/mol. The van der Waals surface area contributed by atoms with Gasteiger partial charge in [-0.05, 0) is 43.7 Å². The molecule has 1 unspecified atom stereocenters. The number of carbonyl (C=O) groups is 2. The van der Waals surface area contributed by atoms with Crippen molar-refractivity contribution in [1.82, 2.24) is 9.78 Å². The van der Waals surface area contributed by atoms with Crippen molar-refractivity contribution in [3.05, 3.63) is 75.9 Å². The normalized spacial score (nSPS) is 16.0. The molecule has 1 aromatic heterocycles. The molecule has 0 aliphatic carbocycles. The largest absolute Gasteiger partial charge is 0.310 e. The number of nitrogens with zero attached hydrogens (tertiary/aromatic N) is 2. The van der Waals surface area contributed by atoms with E-state index < -0.39 is 5.92 Å². The van der Waals surface area contributed by atoms with E-state index in [4.69, 9.17) is 11.6 Å². The minimum absolute atomic E-state index is 0.0808. The quantitative estimate of drug-likeness (QED) is 0.684. The zero-order valence-electron chi connectivity index (χ0n) is 15.0. The molecule has 1 amide bonds. The molecule has 0 saturated heterocycles. The number of benzene rings is 2. The number of Topliss-reactive ketones (excluding diaryl/α,β-unsaturated/α-hetero) is 1. The van der Waals surface area contributed by atoms with Gasteiger partial charge in [-0.2, -0.15) is 5.10 Å². The summed E-state index contributed by atoms with van der Waals surface area (Å²) in [6.45, 7) is 3.85. The van der Waals surface area contributed by atoms with Gasteiger partial charge in [0.15, 0.2) is 5.78 Å². The molecule has 0 saturated carbocycles. The third kappa shape index (κ3) is 3.04. The number of fused-ring (bicyclic) bond motifs is 1. The molecule has 1 atom stereocenters. The number of halogens is 1. The Morgan fingerprint density at radius 2 is 1.96 bits per heavy atom. The van der Waals surface area contributed by atoms with Crippen LogP contribution >= 0.6 is 11.6 Å². The standard InChI is InChI=1S/C21H18ClN3O2/c1-12-6-5-7-14(10-12)25-21-19(13(2)24-25)16(11-18(26)23-21)20(27)15-8-3-4-9-17(15)22/h3-10,16H,11H2,1-2H3,(H,23,26). The summed E-state index contributed by atoms with van der Waals surface area (Å²) in [6, 6.07) is 14.8. The van der Waals surface area contributed by atoms with Crippen LogP contribution in [0.25, 0.3) is 5.69 Å². The van der Waals surface area contributed by atoms with Crippen molar-refractivity contribution in [2.45, 2.75) is 26.2 Å². The molecule has 136 valence electrons. The van der Waals surface area contributed by atoms with Crippen molar-refractivity contribution in [3.8, 4) is 5.69 Å². The Hall–Kier alpha value is -2.92. The van der Waals surface area contributed by atoms with Crippen molar-refractivity contribution in [3.63, 3.8) is 0 Å². The van der Waals surface area contributed by atoms with Gasteiger partial charge in [-0.3, -0.25) is 9.59 Å². The molecule has 1 N–H and O–H groups in total. The number of ketones is 1. The van der Waals surface area contributed by atoms with Crippen LogP contribution in [0.3, 0.4) is 0 Å². The van der Waals surface area contributed by atoms with Crippen LogP contribution in [0.15, 0.2) is 48.5 Å². The van der Waals surface area contributed by atoms with E-state index in [1.165, 1.54) is 0 Å². The first kappa shape index (κ1) is 17.5. The van der Waals surface area contributed by atoms with Gasteiger partial charge in [-0.25, -0.2) is 4.68 Å². The molecule has 0 fully saturated rings. The molecule has 0 bridgehead atoms. The highest BCUT2D eigenvalue weighted by Crippen LogP contribution is 2.39. The van der Waals surface area contributed by atoms with Gasteiger partial charge in [0.25, 0.3) is 0 Å². The van der Waals surface area contributed by atoms with E-state index in [9.17, 15) is 9.59 Å². The first-order valence-corrected chi connectivity index (χ1v) is 9.08. The maximum absolute atomic E-state index is 13.2. The summed E-state index contributed by atoms with van der Waals surface area (Å²) in [7, 11) is 0. The van der Waals surface area contributed by atoms with Crippen molar-refractivity contribution in [1.29, 1.82) is 0 Å². The molecule has 0 radical (unpaired) electrons. The first-order valence-electron chi connectivity index (χ1n) is 8.71. The zero-order chi connectivity index (χ0) is 19.1. The number of amides is 1. The lowest BCUT2D eigenvalue weighted by molar-refractivity contribution is -0.116. The van der Waals surface area contributed by atoms with E-state index in [2.05, 4.69) is 10.4 Å². The molecule has 2 aromatic carbocycles. The third-order valence-electron chi connectivity index (χ3n) is 4.80. The Morgan fingerprint density at radius 3 is 2.70 bits per heavy atom. The van der Waals surface area contributed by atoms with Gasteiger partial charge < -0.3 is 5.32 Å². The predicted octanol–water partition coefficient (Wildman–Crippen LogP) is 4.45. The molecule has 0 spiro atoms. The molecule has 6 heteroatoms. The van der Waals surface area contributed by atoms with Gasteiger partial charge in [-0.1, -0.05) is 35.9 Å². The van der Waals surface area contributed by atoms with Crippen LogP contribution in [0.4, 0.5) is 5.82 Å². The summed E-state index contributed by atoms with van der Waals surface area (Å²) in [5.74, 6) is -0.419. The lowest BCUT2D eigenvalue weighted by Crippen LogP contribution is -2.28. The lowest BCUT2D eigenvalue weighted by Gasteiger charge is -2.23. The fourth-order valence-electron chi connectivity index (χ4n) is 3.57. The van der Waals surface area contributed by atoms with E-state index >= 15 is 0 Å². The Bertz CT molecular complexity index is 1070. The fourth-order valence-corrected chi connectivity index (χ4v) is 3.80. The summed E-state index contributed by atoms with van der Waals surface area (Å²) < 4.78 is 1.70. The van der Waals surface area contributed by atoms with Crippen LogP contribution in [-0.2, 0) is 4.79 Å². The highest BCUT2D eigenvalue weighted by molar-refractivity contribution is 6.34. The predicted molar refractivity (Wildman–Crippen MR) is 105 cm³/mol. The van der Waals surface area contributed by atoms with Crippen LogP contribution in [-0.4, -0.2) is 21.5 Å². The number of rotatable bonds is 3. The summed E-state index contributed by atoms with van der Waals surface area (Å²) in [6.07, 6.45) is 0.0808. The average Bonchev–Trinajstić information content (AvgIpc) is 2.97. The van der Waals surface area contributed by atoms with Gasteiger partial charge in [0, 0.05) is 17.5 Å². The lowest BCUT2D eigenvalue weighted by atomic mass is 9.85. The van der Waals surface area contributed by atoms with Crippen LogP contribution in [0.5, 0.6) is 0 Å². The van der Waals surface area contributed by atoms with E-state index in [1.54, 1.807) is 28.9 Å². The maximum atomic E-state index is 13.2. The first-order chi connectivity index (χ1) is 13.0. The summed E-state index contributed by atoms with van der Waals surface area (Å²) >= 11 is 6.22. The van der Waals surface area contributed by atoms with Crippen LogP contribution in [0, 0.1) is 13.8 Å². The molecule has 2 heterocycles. The molecular formula is C21H18ClN3O2. The SMILES string of the molecule is Cc1cccc(-n2nc(C)c3c2NC(=O)CC3C(=O)c2ccccc2Cl)c1. The Labute approximate surface area is 162 Å². The zero-order valence-corrected chi connectivity index (χ0v) is 15.7. The van der Waals surface area contributed by atoms with Crippen molar-refractivity contribution in [2.24, 2.45) is 0 Å². The number of hydrogen-bond acceptors (Lipinski definition) is 3. The van der Waals surface area contributed by atoms with Gasteiger partial charge in [0.05, 0.1) is 22.3 Å². The molecule has 1 aliphatic heterocycles. The molecule has 5 nitrogen and oxygen atoms in total. The smallest absolute Gasteiger partial charge is 0.226 e. The van der Waals surface area contributed by atoms with Crippen LogP contribution in [0.2, 0.25) is 5.02 Å². The third-order valence-corrected chi connectivity index (χ3v) is 5.13. The minimum atomic E-state index is -0.604. The summed E-state index contributed by atoms with van der Waals surface area (Å²) in [5, 5.41) is 7.89. The molecule has 1 aliphatic rings. The summed E-state index contributed by atoms with van der Waals surface area (Å²) in [5.41, 5.74) is 3.82. The Kier molecular flexibility index (Phi) is 4.32. The fraction of sp³-hybridized carbons (Fsp3) is 0.190. The van der Waals surface area contributed by atoms with Crippen LogP contribution in [0.1, 0.15) is 39.5 Å². The highest BCUT2D eigenvalue weighted by Gasteiger charge is 2.36. The van der Waals surface area contributed by atoms with Gasteiger partial charge >= 0.3 is 0 Å². The van der Waals surface area contributed by atoms with Gasteiger partial charge in [-0.15, -0.1) is 0 Å². The Balaban J connectivity index is 1.85. The summed E-state index contributed by atoms with van der Waals surface area (Å²) in [4.78, 5) is 25.6. The number of hydrogen-bond donors (Lipinski definition) is 1. The van der Waals surface area contributed by atoms with E-state index in [-0.39, 0.29) is 18.1 Å². The van der Waals surface area contributed by atoms with E-state index in [0.717, 1.165) is 22.5 Å². The Morgan fingerprint density at radius 1 is 1.19 bits per heavy atom. The highest BCUT2D eigenvalue weighted by atomic mass is 35.5. The van der Waals surface area contributed by atoms with Crippen molar-refractivity contribution in [2.75, 3.05) is 5.32 Å². The molecule has 3 aromatic rings. The van der Waals surface area contributed by atoms with E-state index in [1.807, 2.05) is 38.1 Å². The topological polar surface area (TPSA) is 64.0 Å². The molecule has 27 heavy (non-hydrogen) atoms. The van der Waals surface area contributed by atoms with Gasteiger partial charge in [0.1, 0.15) is 5.82 Å². The maximum Gasteiger partial charge on any atom is 0.226 e. The monoisotopic (exact) mass is 379 g/mol. The van der Waals surface area contributed by atoms with E-state index in [0.29, 0.717) is 16.4 Å². The number of aromatic nitrogens is 2. The van der Waals surface area contributed by atoms with Crippen molar-refractivity contribution >= 4 is 29.1 Å². The number of aryl methyl sites for hydroxylation is 2. The minimum Gasteiger partial charge on any atom is -0.310 e. The molecule has 4 rings (SSSR count). The van der Waals surface area contributed by atoms with Crippen LogP contribution < -0.4 is 5.32 Å². The number of anilines is 1. The second kappa shape index (κ2) is 6.67. The second-order valence-corrected chi connectivity index (χ2v) is 7.15. The number of carbonyl (C=O) groups excluding carboxylic acids is 2.